The average molecular weight is 413 g/mol. The summed E-state index contributed by atoms with van der Waals surface area (Å²) in [6.45, 7) is 9.86. The number of imidazole rings is 1. The molecule has 9 heteroatoms. The summed E-state index contributed by atoms with van der Waals surface area (Å²) in [6, 6.07) is 5.05. The van der Waals surface area contributed by atoms with Gasteiger partial charge in [-0.1, -0.05) is 32.5 Å². The van der Waals surface area contributed by atoms with Crippen LogP contribution in [0.1, 0.15) is 34.1 Å². The zero-order chi connectivity index (χ0) is 20.0. The molecule has 2 rings (SSSR count). The van der Waals surface area contributed by atoms with E-state index in [1.807, 2.05) is 32.3 Å². The Kier molecular flexibility index (Phi) is 7.69. The molecular formula is C18H28N4O3S2. The lowest BCUT2D eigenvalue weighted by molar-refractivity contribution is -0.118. The molecule has 1 N–H and O–H groups in total. The molecule has 0 bridgehead atoms. The minimum absolute atomic E-state index is 0.0265. The summed E-state index contributed by atoms with van der Waals surface area (Å²) in [5.41, 5.74) is 1.49. The van der Waals surface area contributed by atoms with Gasteiger partial charge in [-0.05, 0) is 31.5 Å². The van der Waals surface area contributed by atoms with Crippen LogP contribution in [0.25, 0.3) is 11.0 Å². The smallest absolute Gasteiger partial charge is 0.243 e. The van der Waals surface area contributed by atoms with Crippen molar-refractivity contribution in [3.8, 4) is 0 Å². The number of nitrogens with zero attached hydrogens (tertiary/aromatic N) is 3. The summed E-state index contributed by atoms with van der Waals surface area (Å²) < 4.78 is 28.9. The van der Waals surface area contributed by atoms with E-state index in [0.29, 0.717) is 31.7 Å². The zero-order valence-electron chi connectivity index (χ0n) is 16.4. The third-order valence-electron chi connectivity index (χ3n) is 4.25. The fraction of sp³-hybridized carbons (Fsp3) is 0.556. The Balaban J connectivity index is 2.33. The van der Waals surface area contributed by atoms with Crippen LogP contribution in [0.4, 0.5) is 0 Å². The summed E-state index contributed by atoms with van der Waals surface area (Å²) >= 11 is 1.36. The highest BCUT2D eigenvalue weighted by molar-refractivity contribution is 7.99. The van der Waals surface area contributed by atoms with Crippen molar-refractivity contribution >= 4 is 38.7 Å². The number of amides is 1. The maximum atomic E-state index is 12.7. The van der Waals surface area contributed by atoms with E-state index in [1.54, 1.807) is 18.2 Å². The van der Waals surface area contributed by atoms with Crippen LogP contribution < -0.4 is 5.32 Å². The molecule has 1 heterocycles. The fourth-order valence-corrected chi connectivity index (χ4v) is 5.21. The van der Waals surface area contributed by atoms with E-state index < -0.39 is 10.0 Å². The van der Waals surface area contributed by atoms with Crippen molar-refractivity contribution in [3.63, 3.8) is 0 Å². The minimum atomic E-state index is -3.53. The zero-order valence-corrected chi connectivity index (χ0v) is 18.0. The van der Waals surface area contributed by atoms with Gasteiger partial charge in [0.15, 0.2) is 5.16 Å². The minimum Gasteiger partial charge on any atom is -0.355 e. The number of thioether (sulfide) groups is 1. The molecular weight excluding hydrogens is 384 g/mol. The van der Waals surface area contributed by atoms with E-state index in [9.17, 15) is 13.2 Å². The van der Waals surface area contributed by atoms with E-state index in [2.05, 4.69) is 10.3 Å². The number of carbonyl (C=O) groups is 1. The number of nitrogens with one attached hydrogen (secondary N) is 1. The van der Waals surface area contributed by atoms with Gasteiger partial charge in [0.25, 0.3) is 0 Å². The van der Waals surface area contributed by atoms with Crippen molar-refractivity contribution in [2.45, 2.75) is 50.7 Å². The number of aryl methyl sites for hydroxylation is 1. The average Bonchev–Trinajstić information content (AvgIpc) is 3.02. The lowest BCUT2D eigenvalue weighted by atomic mass is 10.3. The Morgan fingerprint density at radius 2 is 1.93 bits per heavy atom. The Bertz CT molecular complexity index is 889. The number of hydrogen-bond donors (Lipinski definition) is 1. The predicted octanol–water partition coefficient (Wildman–Crippen LogP) is 2.71. The van der Waals surface area contributed by atoms with E-state index in [-0.39, 0.29) is 16.6 Å². The van der Waals surface area contributed by atoms with Gasteiger partial charge in [-0.15, -0.1) is 0 Å². The van der Waals surface area contributed by atoms with Crippen molar-refractivity contribution < 1.29 is 13.2 Å². The third kappa shape index (κ3) is 4.83. The van der Waals surface area contributed by atoms with Crippen LogP contribution in [0.2, 0.25) is 0 Å². The van der Waals surface area contributed by atoms with Gasteiger partial charge in [-0.25, -0.2) is 13.4 Å². The van der Waals surface area contributed by atoms with Crippen molar-refractivity contribution in [1.29, 1.82) is 0 Å². The third-order valence-corrected chi connectivity index (χ3v) is 7.27. The highest BCUT2D eigenvalue weighted by atomic mass is 32.2. The molecule has 0 unspecified atom stereocenters. The van der Waals surface area contributed by atoms with Gasteiger partial charge in [-0.2, -0.15) is 4.31 Å². The first-order valence-electron chi connectivity index (χ1n) is 9.28. The first-order valence-corrected chi connectivity index (χ1v) is 11.7. The molecule has 0 saturated heterocycles. The number of hydrogen-bond acceptors (Lipinski definition) is 5. The van der Waals surface area contributed by atoms with Gasteiger partial charge in [0.1, 0.15) is 0 Å². The van der Waals surface area contributed by atoms with Crippen LogP contribution in [-0.4, -0.2) is 53.6 Å². The molecule has 150 valence electrons. The molecule has 0 saturated carbocycles. The molecule has 7 nitrogen and oxygen atoms in total. The van der Waals surface area contributed by atoms with Crippen LogP contribution in [0, 0.1) is 0 Å². The molecule has 1 amide bonds. The van der Waals surface area contributed by atoms with Crippen molar-refractivity contribution in [1.82, 2.24) is 19.2 Å². The number of rotatable bonds is 10. The monoisotopic (exact) mass is 412 g/mol. The molecule has 0 radical (unpaired) electrons. The molecule has 27 heavy (non-hydrogen) atoms. The second-order valence-electron chi connectivity index (χ2n) is 6.02. The lowest BCUT2D eigenvalue weighted by Crippen LogP contribution is -2.30. The second kappa shape index (κ2) is 9.57. The molecule has 0 aliphatic heterocycles. The predicted molar refractivity (Wildman–Crippen MR) is 110 cm³/mol. The molecule has 2 aromatic rings. The summed E-state index contributed by atoms with van der Waals surface area (Å²) in [5.74, 6) is 0.259. The normalized spacial score (nSPS) is 12.0. The van der Waals surface area contributed by atoms with Crippen molar-refractivity contribution in [3.05, 3.63) is 18.2 Å². The van der Waals surface area contributed by atoms with Gasteiger partial charge in [-0.3, -0.25) is 4.79 Å². The molecule has 0 aliphatic rings. The van der Waals surface area contributed by atoms with Crippen LogP contribution in [-0.2, 0) is 21.4 Å². The number of sulfonamides is 1. The topological polar surface area (TPSA) is 84.3 Å². The van der Waals surface area contributed by atoms with Crippen LogP contribution in [0.5, 0.6) is 0 Å². The quantitative estimate of drug-likeness (QED) is 0.607. The van der Waals surface area contributed by atoms with Gasteiger partial charge in [0.05, 0.1) is 21.7 Å². The standard InChI is InChI=1S/C18H28N4O3S2/c1-5-11-19-17(23)13-26-18-20-15-12-14(9-10-16(15)22(18)8-4)27(24,25)21(6-2)7-3/h9-10,12H,5-8,11,13H2,1-4H3,(H,19,23). The van der Waals surface area contributed by atoms with Crippen LogP contribution >= 0.6 is 11.8 Å². The van der Waals surface area contributed by atoms with Gasteiger partial charge in [0, 0.05) is 26.2 Å². The first-order chi connectivity index (χ1) is 12.9. The largest absolute Gasteiger partial charge is 0.355 e. The molecule has 0 spiro atoms. The summed E-state index contributed by atoms with van der Waals surface area (Å²) in [7, 11) is -3.53. The molecule has 0 fully saturated rings. The first kappa shape index (κ1) is 21.7. The van der Waals surface area contributed by atoms with Gasteiger partial charge >= 0.3 is 0 Å². The lowest BCUT2D eigenvalue weighted by Gasteiger charge is -2.18. The second-order valence-corrected chi connectivity index (χ2v) is 8.90. The van der Waals surface area contributed by atoms with Crippen molar-refractivity contribution in [2.24, 2.45) is 0 Å². The van der Waals surface area contributed by atoms with Crippen LogP contribution in [0.15, 0.2) is 28.3 Å². The van der Waals surface area contributed by atoms with Crippen LogP contribution in [0.3, 0.4) is 0 Å². The molecule has 0 aliphatic carbocycles. The van der Waals surface area contributed by atoms with E-state index in [4.69, 9.17) is 0 Å². The van der Waals surface area contributed by atoms with Crippen molar-refractivity contribution in [2.75, 3.05) is 25.4 Å². The molecule has 1 aromatic carbocycles. The van der Waals surface area contributed by atoms with E-state index in [1.165, 1.54) is 16.1 Å². The summed E-state index contributed by atoms with van der Waals surface area (Å²) in [6.07, 6.45) is 0.896. The van der Waals surface area contributed by atoms with E-state index >= 15 is 0 Å². The maximum absolute atomic E-state index is 12.7. The Morgan fingerprint density at radius 1 is 1.22 bits per heavy atom. The van der Waals surface area contributed by atoms with E-state index in [0.717, 1.165) is 17.1 Å². The number of fused-ring (bicyclic) bond motifs is 1. The van der Waals surface area contributed by atoms with Gasteiger partial charge in [0.2, 0.25) is 15.9 Å². The highest BCUT2D eigenvalue weighted by Gasteiger charge is 2.23. The summed E-state index contributed by atoms with van der Waals surface area (Å²) in [4.78, 5) is 16.7. The molecule has 1 aromatic heterocycles. The number of aromatic nitrogens is 2. The Morgan fingerprint density at radius 3 is 2.52 bits per heavy atom. The number of carbonyl (C=O) groups excluding carboxylic acids is 1. The molecule has 0 atom stereocenters. The highest BCUT2D eigenvalue weighted by Crippen LogP contribution is 2.27. The maximum Gasteiger partial charge on any atom is 0.243 e. The SMILES string of the molecule is CCCNC(=O)CSc1nc2cc(S(=O)(=O)N(CC)CC)ccc2n1CC. The summed E-state index contributed by atoms with van der Waals surface area (Å²) in [5, 5.41) is 3.57. The Hall–Kier alpha value is -1.58. The fourth-order valence-electron chi connectivity index (χ4n) is 2.82. The number of benzene rings is 1. The van der Waals surface area contributed by atoms with Gasteiger partial charge < -0.3 is 9.88 Å². The Labute approximate surface area is 165 Å².